The molecule has 6 fully saturated rings. The van der Waals surface area contributed by atoms with Crippen molar-refractivity contribution in [2.75, 3.05) is 6.61 Å². The lowest BCUT2D eigenvalue weighted by molar-refractivity contribution is -0.352. The molecule has 0 aromatic heterocycles. The number of ketones is 1. The summed E-state index contributed by atoms with van der Waals surface area (Å²) >= 11 is 0. The minimum absolute atomic E-state index is 0.00970. The second-order valence-corrected chi connectivity index (χ2v) is 17.9. The standard InChI is InChI=1S/C39H62O13/c1-17-6-9-27(50-35(17)52-36-33(46)31(44)29(42)19(3)48-36)18(2)22-7-8-23-21-15-26(41)25-14-20(10-12-39(25,5)24(21)11-13-38(22,23)4)49-37-34(47)32(45)30(43)28(16-40)51-37/h15,17-20,22-25,27-37,40,42-47H,6-14,16H2,1-5H3/t17-,18+,19+,20+,22-,23+,24+,25-,27+,28-,29+,30-,31-,32+,33-,34-,35+,36+,37-,38-,39-/m1/s1. The maximum Gasteiger partial charge on any atom is 0.189 e. The molecule has 13 heteroatoms. The van der Waals surface area contributed by atoms with Gasteiger partial charge >= 0.3 is 0 Å². The molecule has 0 amide bonds. The number of hydrogen-bond donors (Lipinski definition) is 7. The van der Waals surface area contributed by atoms with Crippen LogP contribution in [0.3, 0.4) is 0 Å². The van der Waals surface area contributed by atoms with Crippen molar-refractivity contribution in [3.8, 4) is 0 Å². The summed E-state index contributed by atoms with van der Waals surface area (Å²) in [6.45, 7) is 10.1. The molecular weight excluding hydrogens is 676 g/mol. The van der Waals surface area contributed by atoms with E-state index in [9.17, 15) is 40.5 Å². The minimum atomic E-state index is -1.51. The zero-order valence-electron chi connectivity index (χ0n) is 31.2. The van der Waals surface area contributed by atoms with Crippen molar-refractivity contribution in [2.45, 2.75) is 172 Å². The molecule has 7 aliphatic rings. The zero-order valence-corrected chi connectivity index (χ0v) is 31.2. The van der Waals surface area contributed by atoms with Gasteiger partial charge in [0.05, 0.1) is 24.9 Å². The van der Waals surface area contributed by atoms with Gasteiger partial charge in [0, 0.05) is 11.8 Å². The molecule has 3 heterocycles. The molecule has 0 spiro atoms. The number of carbonyl (C=O) groups excluding carboxylic acids is 1. The van der Waals surface area contributed by atoms with Gasteiger partial charge in [-0.2, -0.15) is 0 Å². The van der Waals surface area contributed by atoms with Crippen LogP contribution in [0.4, 0.5) is 0 Å². The average molecular weight is 739 g/mol. The van der Waals surface area contributed by atoms with Gasteiger partial charge in [0.2, 0.25) is 0 Å². The van der Waals surface area contributed by atoms with E-state index in [2.05, 4.69) is 27.7 Å². The highest BCUT2D eigenvalue weighted by atomic mass is 16.8. The van der Waals surface area contributed by atoms with E-state index in [1.165, 1.54) is 5.57 Å². The fourth-order valence-corrected chi connectivity index (χ4v) is 11.7. The Balaban J connectivity index is 1.02. The molecule has 0 aromatic carbocycles. The summed E-state index contributed by atoms with van der Waals surface area (Å²) in [5.74, 6) is 1.16. The minimum Gasteiger partial charge on any atom is -0.394 e. The SMILES string of the molecule is C[C@H]([C@@H]1CC[C@@H](C)[C@H](O[C@@H]2O[C@@H](C)[C@H](O)[C@@H](O)[C@H]2O)O1)[C@H]1CC[C@H]2C3=CC(=O)[C@H]4C[C@@H](O[C@@H]5O[C@H](CO)[C@@H](O)[C@H](O)[C@H]5O)CC[C@]4(C)[C@H]3CC[C@]12C. The van der Waals surface area contributed by atoms with E-state index in [0.29, 0.717) is 30.6 Å². The smallest absolute Gasteiger partial charge is 0.189 e. The van der Waals surface area contributed by atoms with Crippen LogP contribution in [0.25, 0.3) is 0 Å². The van der Waals surface area contributed by atoms with Gasteiger partial charge in [-0.1, -0.05) is 33.3 Å². The molecule has 3 saturated heterocycles. The maximum absolute atomic E-state index is 14.0. The fraction of sp³-hybridized carbons (Fsp3) is 0.923. The first-order chi connectivity index (χ1) is 24.6. The molecule has 13 nitrogen and oxygen atoms in total. The van der Waals surface area contributed by atoms with E-state index < -0.39 is 74.3 Å². The van der Waals surface area contributed by atoms with E-state index in [-0.39, 0.29) is 46.6 Å². The van der Waals surface area contributed by atoms with E-state index in [1.807, 2.05) is 6.08 Å². The predicted octanol–water partition coefficient (Wildman–Crippen LogP) is 1.55. The van der Waals surface area contributed by atoms with Crippen LogP contribution in [0, 0.1) is 46.3 Å². The van der Waals surface area contributed by atoms with Crippen LogP contribution in [0.5, 0.6) is 0 Å². The maximum atomic E-state index is 14.0. The Bertz CT molecular complexity index is 1330. The van der Waals surface area contributed by atoms with Crippen LogP contribution < -0.4 is 0 Å². The van der Waals surface area contributed by atoms with Crippen molar-refractivity contribution in [1.29, 1.82) is 0 Å². The van der Waals surface area contributed by atoms with Crippen LogP contribution in [-0.2, 0) is 28.5 Å². The van der Waals surface area contributed by atoms with E-state index >= 15 is 0 Å². The summed E-state index contributed by atoms with van der Waals surface area (Å²) in [5, 5.41) is 71.6. The topological polar surface area (TPSA) is 205 Å². The molecule has 0 bridgehead atoms. The van der Waals surface area contributed by atoms with Gasteiger partial charge < -0.3 is 59.4 Å². The number of aliphatic hydroxyl groups excluding tert-OH is 7. The van der Waals surface area contributed by atoms with Gasteiger partial charge in [0.25, 0.3) is 0 Å². The monoisotopic (exact) mass is 738 g/mol. The third-order valence-electron chi connectivity index (χ3n) is 15.1. The average Bonchev–Trinajstić information content (AvgIpc) is 3.48. The number of aliphatic hydroxyl groups is 7. The molecule has 3 saturated carbocycles. The molecule has 7 N–H and O–H groups in total. The largest absolute Gasteiger partial charge is 0.394 e. The van der Waals surface area contributed by atoms with Crippen LogP contribution >= 0.6 is 0 Å². The van der Waals surface area contributed by atoms with Crippen molar-refractivity contribution in [3.63, 3.8) is 0 Å². The van der Waals surface area contributed by atoms with Gasteiger partial charge in [-0.05, 0) is 105 Å². The number of rotatable bonds is 7. The van der Waals surface area contributed by atoms with E-state index in [1.54, 1.807) is 6.92 Å². The number of carbonyl (C=O) groups is 1. The van der Waals surface area contributed by atoms with Gasteiger partial charge in [0.1, 0.15) is 42.7 Å². The molecule has 52 heavy (non-hydrogen) atoms. The van der Waals surface area contributed by atoms with Crippen LogP contribution in [0.1, 0.15) is 92.4 Å². The Morgan fingerprint density at radius 1 is 0.731 bits per heavy atom. The summed E-state index contributed by atoms with van der Waals surface area (Å²) in [4.78, 5) is 14.0. The van der Waals surface area contributed by atoms with Crippen molar-refractivity contribution < 1.29 is 64.2 Å². The van der Waals surface area contributed by atoms with Crippen molar-refractivity contribution in [1.82, 2.24) is 0 Å². The van der Waals surface area contributed by atoms with Crippen molar-refractivity contribution in [2.24, 2.45) is 46.3 Å². The fourth-order valence-electron chi connectivity index (χ4n) is 11.7. The Morgan fingerprint density at radius 2 is 1.38 bits per heavy atom. The molecule has 0 radical (unpaired) electrons. The Labute approximate surface area is 306 Å². The summed E-state index contributed by atoms with van der Waals surface area (Å²) < 4.78 is 30.3. The van der Waals surface area contributed by atoms with Crippen molar-refractivity contribution in [3.05, 3.63) is 11.6 Å². The zero-order chi connectivity index (χ0) is 37.4. The Kier molecular flexibility index (Phi) is 11.1. The lowest BCUT2D eigenvalue weighted by Gasteiger charge is -2.57. The van der Waals surface area contributed by atoms with E-state index in [0.717, 1.165) is 44.9 Å². The second kappa shape index (κ2) is 14.8. The Morgan fingerprint density at radius 3 is 2.10 bits per heavy atom. The highest BCUT2D eigenvalue weighted by Gasteiger charge is 2.61. The number of fused-ring (bicyclic) bond motifs is 5. The lowest BCUT2D eigenvalue weighted by atomic mass is 9.47. The van der Waals surface area contributed by atoms with Gasteiger partial charge in [-0.15, -0.1) is 0 Å². The second-order valence-electron chi connectivity index (χ2n) is 17.9. The van der Waals surface area contributed by atoms with Gasteiger partial charge in [-0.3, -0.25) is 4.79 Å². The molecule has 4 aliphatic carbocycles. The number of allylic oxidation sites excluding steroid dienone is 2. The summed E-state index contributed by atoms with van der Waals surface area (Å²) in [6.07, 6.45) is -3.71. The number of ether oxygens (including phenoxy) is 5. The Hall–Kier alpha value is -1.07. The summed E-state index contributed by atoms with van der Waals surface area (Å²) in [6, 6.07) is 0. The van der Waals surface area contributed by atoms with Crippen LogP contribution in [-0.4, -0.2) is 128 Å². The summed E-state index contributed by atoms with van der Waals surface area (Å²) in [7, 11) is 0. The highest BCUT2D eigenvalue weighted by Crippen LogP contribution is 2.67. The first-order valence-corrected chi connectivity index (χ1v) is 19.8. The molecule has 0 aromatic rings. The summed E-state index contributed by atoms with van der Waals surface area (Å²) in [5.41, 5.74) is 1.09. The number of hydrogen-bond acceptors (Lipinski definition) is 13. The predicted molar refractivity (Wildman–Crippen MR) is 184 cm³/mol. The third kappa shape index (κ3) is 6.56. The van der Waals surface area contributed by atoms with E-state index in [4.69, 9.17) is 23.7 Å². The molecule has 3 aliphatic heterocycles. The quantitative estimate of drug-likeness (QED) is 0.198. The molecular formula is C39H62O13. The highest BCUT2D eigenvalue weighted by molar-refractivity contribution is 5.94. The normalized spacial score (nSPS) is 54.5. The van der Waals surface area contributed by atoms with Crippen LogP contribution in [0.2, 0.25) is 0 Å². The molecule has 21 atom stereocenters. The first kappa shape index (κ1) is 39.2. The van der Waals surface area contributed by atoms with Crippen molar-refractivity contribution >= 4 is 5.78 Å². The molecule has 7 rings (SSSR count). The first-order valence-electron chi connectivity index (χ1n) is 19.8. The third-order valence-corrected chi connectivity index (χ3v) is 15.1. The molecule has 296 valence electrons. The molecule has 0 unspecified atom stereocenters. The lowest BCUT2D eigenvalue weighted by Crippen LogP contribution is -2.60. The van der Waals surface area contributed by atoms with Gasteiger partial charge in [-0.25, -0.2) is 0 Å². The van der Waals surface area contributed by atoms with Gasteiger partial charge in [0.15, 0.2) is 24.7 Å². The van der Waals surface area contributed by atoms with Crippen LogP contribution in [0.15, 0.2) is 11.6 Å².